The normalized spacial score (nSPS) is 11.1. The molecule has 96 valence electrons. The van der Waals surface area contributed by atoms with Crippen LogP contribution in [-0.4, -0.2) is 15.1 Å². The van der Waals surface area contributed by atoms with Crippen molar-refractivity contribution in [1.82, 2.24) is 10.1 Å². The number of H-pyrrole nitrogens is 1. The summed E-state index contributed by atoms with van der Waals surface area (Å²) in [5, 5.41) is 15.8. The van der Waals surface area contributed by atoms with Crippen molar-refractivity contribution >= 4 is 16.6 Å². The molecule has 0 aliphatic carbocycles. The zero-order valence-corrected chi connectivity index (χ0v) is 10.4. The van der Waals surface area contributed by atoms with Crippen LogP contribution >= 0.6 is 0 Å². The third kappa shape index (κ3) is 1.61. The smallest absolute Gasteiger partial charge is 0.302 e. The lowest BCUT2D eigenvalue weighted by Gasteiger charge is -1.96. The van der Waals surface area contributed by atoms with Gasteiger partial charge in [-0.15, -0.1) is 0 Å². The Kier molecular flexibility index (Phi) is 2.38. The van der Waals surface area contributed by atoms with Crippen LogP contribution in [0.4, 0.5) is 5.69 Å². The van der Waals surface area contributed by atoms with E-state index in [-0.39, 0.29) is 10.6 Å². The molecule has 0 atom stereocenters. The number of aromatic nitrogens is 2. The number of fused-ring (bicyclic) bond motifs is 1. The summed E-state index contributed by atoms with van der Waals surface area (Å²) in [6.45, 7) is 3.51. The van der Waals surface area contributed by atoms with E-state index in [0.717, 1.165) is 5.52 Å². The van der Waals surface area contributed by atoms with Crippen LogP contribution in [0.25, 0.3) is 22.2 Å². The fourth-order valence-corrected chi connectivity index (χ4v) is 2.34. The zero-order chi connectivity index (χ0) is 13.6. The van der Waals surface area contributed by atoms with Crippen molar-refractivity contribution in [2.75, 3.05) is 0 Å². The van der Waals surface area contributed by atoms with Gasteiger partial charge in [-0.25, -0.2) is 0 Å². The molecule has 0 aliphatic heterocycles. The fraction of sp³-hybridized carbons (Fsp3) is 0.154. The molecule has 6 nitrogen and oxygen atoms in total. The van der Waals surface area contributed by atoms with Gasteiger partial charge in [-0.3, -0.25) is 10.1 Å². The average Bonchev–Trinajstić information content (AvgIpc) is 2.89. The van der Waals surface area contributed by atoms with E-state index in [1.165, 1.54) is 0 Å². The number of hydrogen-bond acceptors (Lipinski definition) is 4. The van der Waals surface area contributed by atoms with Crippen molar-refractivity contribution in [1.29, 1.82) is 0 Å². The number of aromatic amines is 1. The second kappa shape index (κ2) is 3.94. The highest BCUT2D eigenvalue weighted by Gasteiger charge is 2.26. The Bertz CT molecular complexity index is 766. The lowest BCUT2D eigenvalue weighted by Crippen LogP contribution is -1.91. The van der Waals surface area contributed by atoms with Crippen molar-refractivity contribution in [2.24, 2.45) is 0 Å². The Morgan fingerprint density at radius 2 is 2.05 bits per heavy atom. The molecular formula is C13H11N3O3. The molecule has 1 N–H and O–H groups in total. The van der Waals surface area contributed by atoms with E-state index < -0.39 is 0 Å². The van der Waals surface area contributed by atoms with Gasteiger partial charge in [0.2, 0.25) is 0 Å². The van der Waals surface area contributed by atoms with Gasteiger partial charge in [0.1, 0.15) is 11.5 Å². The van der Waals surface area contributed by atoms with Crippen LogP contribution in [0.2, 0.25) is 0 Å². The number of benzene rings is 1. The second-order valence-electron chi connectivity index (χ2n) is 4.35. The van der Waals surface area contributed by atoms with E-state index in [1.807, 2.05) is 12.1 Å². The summed E-state index contributed by atoms with van der Waals surface area (Å²) in [5.41, 5.74) is 2.52. The first-order valence-corrected chi connectivity index (χ1v) is 5.78. The number of nitro groups is 1. The summed E-state index contributed by atoms with van der Waals surface area (Å²) in [4.78, 5) is 14.1. The van der Waals surface area contributed by atoms with Gasteiger partial charge in [-0.1, -0.05) is 17.3 Å². The Hall–Kier alpha value is -2.63. The molecular weight excluding hydrogens is 246 g/mol. The van der Waals surface area contributed by atoms with Crippen LogP contribution in [0.5, 0.6) is 0 Å². The summed E-state index contributed by atoms with van der Waals surface area (Å²) in [6.07, 6.45) is 0. The van der Waals surface area contributed by atoms with Gasteiger partial charge < -0.3 is 9.51 Å². The van der Waals surface area contributed by atoms with E-state index >= 15 is 0 Å². The predicted octanol–water partition coefficient (Wildman–Crippen LogP) is 3.35. The highest BCUT2D eigenvalue weighted by molar-refractivity contribution is 5.98. The first-order valence-electron chi connectivity index (χ1n) is 5.78. The maximum atomic E-state index is 11.3. The molecule has 0 radical (unpaired) electrons. The molecule has 3 rings (SSSR count). The molecule has 0 saturated carbocycles. The number of nitrogens with zero attached hydrogens (tertiary/aromatic N) is 2. The summed E-state index contributed by atoms with van der Waals surface area (Å²) in [5.74, 6) is 0.562. The van der Waals surface area contributed by atoms with Gasteiger partial charge in [-0.05, 0) is 26.0 Å². The minimum Gasteiger partial charge on any atom is -0.361 e. The summed E-state index contributed by atoms with van der Waals surface area (Å²) in [7, 11) is 0. The van der Waals surface area contributed by atoms with Gasteiger partial charge >= 0.3 is 5.69 Å². The Morgan fingerprint density at radius 3 is 2.68 bits per heavy atom. The molecule has 0 aliphatic rings. The number of aryl methyl sites for hydroxylation is 2. The molecule has 19 heavy (non-hydrogen) atoms. The fourth-order valence-electron chi connectivity index (χ4n) is 2.34. The Balaban J connectivity index is 2.41. The van der Waals surface area contributed by atoms with E-state index in [2.05, 4.69) is 10.1 Å². The Labute approximate surface area is 108 Å². The van der Waals surface area contributed by atoms with E-state index in [4.69, 9.17) is 4.52 Å². The van der Waals surface area contributed by atoms with E-state index in [9.17, 15) is 10.1 Å². The van der Waals surface area contributed by atoms with Gasteiger partial charge in [0.15, 0.2) is 0 Å². The quantitative estimate of drug-likeness (QED) is 0.563. The van der Waals surface area contributed by atoms with Gasteiger partial charge in [0.05, 0.1) is 27.1 Å². The van der Waals surface area contributed by atoms with Crippen LogP contribution in [0, 0.1) is 24.0 Å². The number of para-hydroxylation sites is 1. The maximum Gasteiger partial charge on any atom is 0.302 e. The topological polar surface area (TPSA) is 85.0 Å². The minimum atomic E-state index is -0.375. The van der Waals surface area contributed by atoms with Gasteiger partial charge in [-0.2, -0.15) is 0 Å². The lowest BCUT2D eigenvalue weighted by atomic mass is 10.1. The third-order valence-electron chi connectivity index (χ3n) is 3.14. The monoisotopic (exact) mass is 257 g/mol. The SMILES string of the molecule is Cc1noc(C)c1-c1[nH]c2ccccc2c1[N+](=O)[O-]. The standard InChI is InChI=1S/C13H11N3O3/c1-7-11(8(2)19-15-7)12-13(16(17)18)9-5-3-4-6-10(9)14-12/h3-6,14H,1-2H3. The van der Waals surface area contributed by atoms with Crippen LogP contribution < -0.4 is 0 Å². The molecule has 0 fully saturated rings. The first kappa shape index (κ1) is 11.5. The maximum absolute atomic E-state index is 11.3. The van der Waals surface area contributed by atoms with Crippen molar-refractivity contribution in [3.63, 3.8) is 0 Å². The molecule has 3 aromatic rings. The van der Waals surface area contributed by atoms with Crippen LogP contribution in [0.1, 0.15) is 11.5 Å². The highest BCUT2D eigenvalue weighted by Crippen LogP contribution is 2.39. The first-order chi connectivity index (χ1) is 9.09. The molecule has 0 unspecified atom stereocenters. The molecule has 6 heteroatoms. The lowest BCUT2D eigenvalue weighted by molar-refractivity contribution is -0.382. The van der Waals surface area contributed by atoms with Crippen LogP contribution in [0.3, 0.4) is 0 Å². The summed E-state index contributed by atoms with van der Waals surface area (Å²) in [6, 6.07) is 7.15. The number of hydrogen-bond donors (Lipinski definition) is 1. The predicted molar refractivity (Wildman–Crippen MR) is 69.9 cm³/mol. The van der Waals surface area contributed by atoms with Gasteiger partial charge in [0.25, 0.3) is 0 Å². The highest BCUT2D eigenvalue weighted by atomic mass is 16.6. The van der Waals surface area contributed by atoms with Crippen molar-refractivity contribution in [2.45, 2.75) is 13.8 Å². The number of rotatable bonds is 2. The second-order valence-corrected chi connectivity index (χ2v) is 4.35. The summed E-state index contributed by atoms with van der Waals surface area (Å²) < 4.78 is 5.09. The third-order valence-corrected chi connectivity index (χ3v) is 3.14. The largest absolute Gasteiger partial charge is 0.361 e. The molecule has 0 saturated heterocycles. The molecule has 2 aromatic heterocycles. The van der Waals surface area contributed by atoms with Gasteiger partial charge in [0, 0.05) is 0 Å². The van der Waals surface area contributed by atoms with Crippen LogP contribution in [-0.2, 0) is 0 Å². The van der Waals surface area contributed by atoms with E-state index in [1.54, 1.807) is 26.0 Å². The molecule has 0 amide bonds. The number of nitrogens with one attached hydrogen (secondary N) is 1. The van der Waals surface area contributed by atoms with Crippen molar-refractivity contribution < 1.29 is 9.45 Å². The molecule has 2 heterocycles. The van der Waals surface area contributed by atoms with Crippen molar-refractivity contribution in [3.8, 4) is 11.3 Å². The van der Waals surface area contributed by atoms with E-state index in [0.29, 0.717) is 28.1 Å². The van der Waals surface area contributed by atoms with Crippen LogP contribution in [0.15, 0.2) is 28.8 Å². The summed E-state index contributed by atoms with van der Waals surface area (Å²) >= 11 is 0. The minimum absolute atomic E-state index is 0.0602. The zero-order valence-electron chi connectivity index (χ0n) is 10.4. The molecule has 0 bridgehead atoms. The average molecular weight is 257 g/mol. The molecule has 1 aromatic carbocycles. The molecule has 0 spiro atoms. The van der Waals surface area contributed by atoms with Crippen molar-refractivity contribution in [3.05, 3.63) is 45.8 Å². The Morgan fingerprint density at radius 1 is 1.32 bits per heavy atom.